The highest BCUT2D eigenvalue weighted by molar-refractivity contribution is 9.10. The van der Waals surface area contributed by atoms with E-state index in [1.54, 1.807) is 35.2 Å². The number of hydrogen-bond donors (Lipinski definition) is 1. The first-order valence-electron chi connectivity index (χ1n) is 8.74. The number of hydrogen-bond acceptors (Lipinski definition) is 2. The van der Waals surface area contributed by atoms with Crippen LogP contribution in [0.15, 0.2) is 77.3 Å². The van der Waals surface area contributed by atoms with Crippen LogP contribution in [0, 0.1) is 0 Å². The fourth-order valence-electron chi connectivity index (χ4n) is 3.45. The number of nitrogens with one attached hydrogen (secondary N) is 1. The standard InChI is InChI=1S/C22H16BrClN2O2/c23-18-9-5-4-8-16(18)22(28)26-13-20(27)25-19-11-10-15(24)12-17(19)21(26)14-6-2-1-3-7-14/h1-12,21H,13H2,(H,25,27)/t21-/m1/s1. The smallest absolute Gasteiger partial charge is 0.256 e. The van der Waals surface area contributed by atoms with E-state index in [9.17, 15) is 9.59 Å². The van der Waals surface area contributed by atoms with Crippen LogP contribution in [-0.2, 0) is 4.79 Å². The molecule has 28 heavy (non-hydrogen) atoms. The molecule has 2 amide bonds. The fraction of sp³-hybridized carbons (Fsp3) is 0.0909. The summed E-state index contributed by atoms with van der Waals surface area (Å²) in [6.45, 7) is -0.0635. The normalized spacial score (nSPS) is 16.1. The van der Waals surface area contributed by atoms with E-state index in [4.69, 9.17) is 11.6 Å². The van der Waals surface area contributed by atoms with Crippen LogP contribution >= 0.6 is 27.5 Å². The van der Waals surface area contributed by atoms with Crippen molar-refractivity contribution in [3.05, 3.63) is 99.0 Å². The van der Waals surface area contributed by atoms with E-state index in [1.165, 1.54) is 0 Å². The van der Waals surface area contributed by atoms with E-state index in [-0.39, 0.29) is 18.4 Å². The summed E-state index contributed by atoms with van der Waals surface area (Å²) in [6.07, 6.45) is 0. The predicted octanol–water partition coefficient (Wildman–Crippen LogP) is 5.29. The van der Waals surface area contributed by atoms with Gasteiger partial charge in [0.15, 0.2) is 0 Å². The Bertz CT molecular complexity index is 1060. The number of rotatable bonds is 2. The lowest BCUT2D eigenvalue weighted by Crippen LogP contribution is -2.39. The summed E-state index contributed by atoms with van der Waals surface area (Å²) < 4.78 is 0.683. The molecule has 6 heteroatoms. The second-order valence-corrected chi connectivity index (χ2v) is 7.80. The third-order valence-electron chi connectivity index (χ3n) is 4.69. The molecule has 0 spiro atoms. The monoisotopic (exact) mass is 454 g/mol. The highest BCUT2D eigenvalue weighted by Crippen LogP contribution is 2.38. The van der Waals surface area contributed by atoms with Gasteiger partial charge in [-0.25, -0.2) is 0 Å². The average Bonchev–Trinajstić information content (AvgIpc) is 2.84. The molecule has 140 valence electrons. The van der Waals surface area contributed by atoms with Gasteiger partial charge in [-0.3, -0.25) is 9.59 Å². The molecule has 1 N–H and O–H groups in total. The lowest BCUT2D eigenvalue weighted by Gasteiger charge is -2.31. The molecule has 1 atom stereocenters. The van der Waals surface area contributed by atoms with Crippen molar-refractivity contribution in [1.29, 1.82) is 0 Å². The maximum Gasteiger partial charge on any atom is 0.256 e. The summed E-state index contributed by atoms with van der Waals surface area (Å²) in [5.74, 6) is -0.480. The van der Waals surface area contributed by atoms with Crippen molar-refractivity contribution in [3.63, 3.8) is 0 Å². The summed E-state index contributed by atoms with van der Waals surface area (Å²) in [4.78, 5) is 27.7. The van der Waals surface area contributed by atoms with Gasteiger partial charge in [-0.2, -0.15) is 0 Å². The molecule has 4 nitrogen and oxygen atoms in total. The van der Waals surface area contributed by atoms with Crippen LogP contribution in [0.1, 0.15) is 27.5 Å². The maximum atomic E-state index is 13.5. The molecule has 0 radical (unpaired) electrons. The van der Waals surface area contributed by atoms with E-state index in [0.717, 1.165) is 11.1 Å². The number of fused-ring (bicyclic) bond motifs is 1. The molecule has 1 aliphatic heterocycles. The van der Waals surface area contributed by atoms with E-state index in [2.05, 4.69) is 21.2 Å². The number of halogens is 2. The topological polar surface area (TPSA) is 49.4 Å². The van der Waals surface area contributed by atoms with Crippen molar-refractivity contribution < 1.29 is 9.59 Å². The van der Waals surface area contributed by atoms with Crippen molar-refractivity contribution in [3.8, 4) is 0 Å². The molecule has 0 saturated carbocycles. The van der Waals surface area contributed by atoms with Gasteiger partial charge in [0.2, 0.25) is 5.91 Å². The van der Waals surface area contributed by atoms with Crippen LogP contribution in [0.3, 0.4) is 0 Å². The Morgan fingerprint density at radius 3 is 2.50 bits per heavy atom. The molecule has 0 bridgehead atoms. The van der Waals surface area contributed by atoms with Crippen LogP contribution in [-0.4, -0.2) is 23.3 Å². The summed E-state index contributed by atoms with van der Waals surface area (Å²) in [6, 6.07) is 21.7. The quantitative estimate of drug-likeness (QED) is 0.571. The molecular formula is C22H16BrClN2O2. The minimum absolute atomic E-state index is 0.0635. The van der Waals surface area contributed by atoms with E-state index in [0.29, 0.717) is 20.7 Å². The van der Waals surface area contributed by atoms with Gasteiger partial charge >= 0.3 is 0 Å². The highest BCUT2D eigenvalue weighted by atomic mass is 79.9. The lowest BCUT2D eigenvalue weighted by molar-refractivity contribution is -0.117. The summed E-state index contributed by atoms with van der Waals surface area (Å²) in [7, 11) is 0. The first-order valence-corrected chi connectivity index (χ1v) is 9.91. The van der Waals surface area contributed by atoms with Crippen LogP contribution in [0.2, 0.25) is 5.02 Å². The summed E-state index contributed by atoms with van der Waals surface area (Å²) >= 11 is 9.71. The average molecular weight is 456 g/mol. The molecule has 1 heterocycles. The largest absolute Gasteiger partial charge is 0.324 e. The molecule has 3 aromatic rings. The van der Waals surface area contributed by atoms with Crippen molar-refractivity contribution in [1.82, 2.24) is 4.90 Å². The maximum absolute atomic E-state index is 13.5. The fourth-order valence-corrected chi connectivity index (χ4v) is 4.09. The second kappa shape index (κ2) is 7.78. The van der Waals surface area contributed by atoms with Crippen molar-refractivity contribution in [2.24, 2.45) is 0 Å². The molecule has 0 unspecified atom stereocenters. The summed E-state index contributed by atoms with van der Waals surface area (Å²) in [5.41, 5.74) is 2.85. The molecule has 1 aliphatic rings. The Morgan fingerprint density at radius 2 is 1.75 bits per heavy atom. The van der Waals surface area contributed by atoms with Crippen LogP contribution in [0.4, 0.5) is 5.69 Å². The Hall–Kier alpha value is -2.63. The molecule has 4 rings (SSSR count). The molecule has 0 aliphatic carbocycles. The van der Waals surface area contributed by atoms with Gasteiger partial charge in [-0.15, -0.1) is 0 Å². The Balaban J connectivity index is 1.91. The van der Waals surface area contributed by atoms with E-state index >= 15 is 0 Å². The van der Waals surface area contributed by atoms with E-state index < -0.39 is 6.04 Å². The SMILES string of the molecule is O=C1CN(C(=O)c2ccccc2Br)[C@H](c2ccccc2)c2cc(Cl)ccc2N1. The molecule has 0 saturated heterocycles. The number of carbonyl (C=O) groups is 2. The number of carbonyl (C=O) groups excluding carboxylic acids is 2. The third kappa shape index (κ3) is 3.55. The zero-order chi connectivity index (χ0) is 19.7. The van der Waals surface area contributed by atoms with E-state index in [1.807, 2.05) is 42.5 Å². The first-order chi connectivity index (χ1) is 13.5. The summed E-state index contributed by atoms with van der Waals surface area (Å²) in [5, 5.41) is 3.44. The second-order valence-electron chi connectivity index (χ2n) is 6.51. The Morgan fingerprint density at radius 1 is 1.04 bits per heavy atom. The van der Waals surface area contributed by atoms with Crippen LogP contribution in [0.25, 0.3) is 0 Å². The van der Waals surface area contributed by atoms with Gasteiger partial charge in [-0.1, -0.05) is 54.1 Å². The molecule has 0 fully saturated rings. The molecule has 3 aromatic carbocycles. The van der Waals surface area contributed by atoms with Crippen LogP contribution in [0.5, 0.6) is 0 Å². The third-order valence-corrected chi connectivity index (χ3v) is 5.61. The lowest BCUT2D eigenvalue weighted by atomic mass is 9.95. The minimum Gasteiger partial charge on any atom is -0.324 e. The first kappa shape index (κ1) is 18.7. The molecular weight excluding hydrogens is 440 g/mol. The van der Waals surface area contributed by atoms with Crippen molar-refractivity contribution >= 4 is 45.0 Å². The number of nitrogens with zero attached hydrogens (tertiary/aromatic N) is 1. The zero-order valence-electron chi connectivity index (χ0n) is 14.7. The Labute approximate surface area is 176 Å². The minimum atomic E-state index is -0.451. The van der Waals surface area contributed by atoms with Crippen LogP contribution < -0.4 is 5.32 Å². The van der Waals surface area contributed by atoms with Gasteiger partial charge in [-0.05, 0) is 51.8 Å². The van der Waals surface area contributed by atoms with Gasteiger partial charge in [0, 0.05) is 20.7 Å². The number of anilines is 1. The van der Waals surface area contributed by atoms with Gasteiger partial charge in [0.05, 0.1) is 11.6 Å². The van der Waals surface area contributed by atoms with Gasteiger partial charge in [0.25, 0.3) is 5.91 Å². The predicted molar refractivity (Wildman–Crippen MR) is 114 cm³/mol. The highest BCUT2D eigenvalue weighted by Gasteiger charge is 2.34. The Kier molecular flexibility index (Phi) is 5.20. The van der Waals surface area contributed by atoms with Crippen molar-refractivity contribution in [2.75, 3.05) is 11.9 Å². The zero-order valence-corrected chi connectivity index (χ0v) is 17.1. The number of benzene rings is 3. The van der Waals surface area contributed by atoms with Gasteiger partial charge < -0.3 is 10.2 Å². The number of amides is 2. The van der Waals surface area contributed by atoms with Crippen molar-refractivity contribution in [2.45, 2.75) is 6.04 Å². The molecule has 0 aromatic heterocycles. The van der Waals surface area contributed by atoms with Gasteiger partial charge in [0.1, 0.15) is 6.54 Å².